The van der Waals surface area contributed by atoms with E-state index in [1.165, 1.54) is 38.2 Å². The van der Waals surface area contributed by atoms with Gasteiger partial charge in [-0.25, -0.2) is 0 Å². The Kier molecular flexibility index (Phi) is 4.11. The van der Waals surface area contributed by atoms with Crippen LogP contribution < -0.4 is 5.32 Å². The predicted octanol–water partition coefficient (Wildman–Crippen LogP) is 4.57. The molecule has 1 aliphatic carbocycles. The van der Waals surface area contributed by atoms with Gasteiger partial charge in [-0.15, -0.1) is 11.8 Å². The number of thioether (sulfide) groups is 1. The molecule has 4 heteroatoms. The van der Waals surface area contributed by atoms with Gasteiger partial charge in [-0.05, 0) is 31.0 Å². The maximum absolute atomic E-state index is 12.1. The Balaban J connectivity index is 1.73. The van der Waals surface area contributed by atoms with Gasteiger partial charge in [-0.3, -0.25) is 4.79 Å². The maximum Gasteiger partial charge on any atom is 0.258 e. The molecule has 3 rings (SSSR count). The van der Waals surface area contributed by atoms with Crippen molar-refractivity contribution in [3.63, 3.8) is 0 Å². The van der Waals surface area contributed by atoms with E-state index in [0.717, 1.165) is 10.6 Å². The molecule has 1 aliphatic rings. The van der Waals surface area contributed by atoms with E-state index in [9.17, 15) is 4.79 Å². The molecular weight excluding hydrogens is 270 g/mol. The first-order valence-corrected chi connectivity index (χ1v) is 7.80. The lowest BCUT2D eigenvalue weighted by Gasteiger charge is -2.13. The zero-order valence-corrected chi connectivity index (χ0v) is 12.0. The van der Waals surface area contributed by atoms with Gasteiger partial charge in [0.05, 0.1) is 17.5 Å². The van der Waals surface area contributed by atoms with Crippen molar-refractivity contribution in [2.75, 3.05) is 5.32 Å². The van der Waals surface area contributed by atoms with Crippen LogP contribution in [0.3, 0.4) is 0 Å². The van der Waals surface area contributed by atoms with Crippen LogP contribution in [0.15, 0.2) is 52.2 Å². The van der Waals surface area contributed by atoms with Crippen LogP contribution in [0, 0.1) is 0 Å². The summed E-state index contributed by atoms with van der Waals surface area (Å²) in [6, 6.07) is 9.67. The Morgan fingerprint density at radius 2 is 2.00 bits per heavy atom. The molecule has 0 atom stereocenters. The summed E-state index contributed by atoms with van der Waals surface area (Å²) in [5.41, 5.74) is 1.43. The molecule has 1 N–H and O–H groups in total. The molecule has 2 aromatic rings. The first-order valence-electron chi connectivity index (χ1n) is 6.92. The minimum Gasteiger partial charge on any atom is -0.472 e. The van der Waals surface area contributed by atoms with E-state index in [4.69, 9.17) is 4.42 Å². The summed E-state index contributed by atoms with van der Waals surface area (Å²) < 4.78 is 4.95. The second-order valence-corrected chi connectivity index (χ2v) is 6.33. The number of carbonyl (C=O) groups is 1. The first kappa shape index (κ1) is 13.3. The molecule has 0 aliphatic heterocycles. The highest BCUT2D eigenvalue weighted by Gasteiger charge is 2.18. The van der Waals surface area contributed by atoms with Crippen LogP contribution in [0.2, 0.25) is 0 Å². The quantitative estimate of drug-likeness (QED) is 0.896. The zero-order chi connectivity index (χ0) is 13.8. The van der Waals surface area contributed by atoms with Gasteiger partial charge >= 0.3 is 0 Å². The van der Waals surface area contributed by atoms with Crippen molar-refractivity contribution in [3.05, 3.63) is 48.4 Å². The molecule has 1 heterocycles. The molecule has 0 saturated heterocycles. The number of hydrogen-bond donors (Lipinski definition) is 1. The van der Waals surface area contributed by atoms with E-state index in [0.29, 0.717) is 10.8 Å². The van der Waals surface area contributed by atoms with Gasteiger partial charge in [0.1, 0.15) is 6.26 Å². The number of hydrogen-bond acceptors (Lipinski definition) is 3. The summed E-state index contributed by atoms with van der Waals surface area (Å²) in [4.78, 5) is 13.2. The van der Waals surface area contributed by atoms with Gasteiger partial charge in [0.15, 0.2) is 0 Å². The van der Waals surface area contributed by atoms with Crippen LogP contribution in [0.1, 0.15) is 36.0 Å². The zero-order valence-electron chi connectivity index (χ0n) is 11.2. The number of furan rings is 1. The summed E-state index contributed by atoms with van der Waals surface area (Å²) in [5, 5.41) is 3.65. The highest BCUT2D eigenvalue weighted by Crippen LogP contribution is 2.38. The molecule has 1 fully saturated rings. The van der Waals surface area contributed by atoms with Crippen molar-refractivity contribution in [3.8, 4) is 0 Å². The second-order valence-electron chi connectivity index (χ2n) is 4.99. The van der Waals surface area contributed by atoms with Crippen molar-refractivity contribution in [1.29, 1.82) is 0 Å². The Morgan fingerprint density at radius 1 is 1.20 bits per heavy atom. The first-order chi connectivity index (χ1) is 9.83. The largest absolute Gasteiger partial charge is 0.472 e. The molecular formula is C16H17NO2S. The minimum atomic E-state index is -0.127. The Morgan fingerprint density at radius 3 is 2.75 bits per heavy atom. The van der Waals surface area contributed by atoms with Crippen molar-refractivity contribution >= 4 is 23.4 Å². The van der Waals surface area contributed by atoms with E-state index < -0.39 is 0 Å². The van der Waals surface area contributed by atoms with Crippen molar-refractivity contribution in [1.82, 2.24) is 0 Å². The van der Waals surface area contributed by atoms with Crippen LogP contribution in [-0.4, -0.2) is 11.2 Å². The van der Waals surface area contributed by atoms with Crippen LogP contribution in [0.5, 0.6) is 0 Å². The predicted molar refractivity (Wildman–Crippen MR) is 81.2 cm³/mol. The number of anilines is 1. The van der Waals surface area contributed by atoms with E-state index in [2.05, 4.69) is 11.4 Å². The normalized spacial score (nSPS) is 15.4. The number of para-hydroxylation sites is 1. The van der Waals surface area contributed by atoms with Crippen LogP contribution in [-0.2, 0) is 0 Å². The molecule has 1 aromatic carbocycles. The van der Waals surface area contributed by atoms with Crippen LogP contribution in [0.4, 0.5) is 5.69 Å². The number of nitrogens with one attached hydrogen (secondary N) is 1. The van der Waals surface area contributed by atoms with E-state index >= 15 is 0 Å². The molecule has 1 aromatic heterocycles. The van der Waals surface area contributed by atoms with Crippen molar-refractivity contribution in [2.24, 2.45) is 0 Å². The highest BCUT2D eigenvalue weighted by molar-refractivity contribution is 8.00. The minimum absolute atomic E-state index is 0.127. The number of benzene rings is 1. The summed E-state index contributed by atoms with van der Waals surface area (Å²) in [6.07, 6.45) is 8.15. The summed E-state index contributed by atoms with van der Waals surface area (Å²) in [6.45, 7) is 0. The molecule has 3 nitrogen and oxygen atoms in total. The Hall–Kier alpha value is -1.68. The SMILES string of the molecule is O=C(Nc1ccccc1SC1CCCC1)c1ccoc1. The van der Waals surface area contributed by atoms with Gasteiger partial charge in [0.2, 0.25) is 0 Å². The summed E-state index contributed by atoms with van der Waals surface area (Å²) >= 11 is 1.88. The lowest BCUT2D eigenvalue weighted by Crippen LogP contribution is -2.11. The lowest BCUT2D eigenvalue weighted by atomic mass is 10.3. The average molecular weight is 287 g/mol. The highest BCUT2D eigenvalue weighted by atomic mass is 32.2. The fourth-order valence-electron chi connectivity index (χ4n) is 2.45. The third-order valence-corrected chi connectivity index (χ3v) is 4.93. The van der Waals surface area contributed by atoms with Crippen molar-refractivity contribution < 1.29 is 9.21 Å². The maximum atomic E-state index is 12.1. The van der Waals surface area contributed by atoms with Gasteiger partial charge < -0.3 is 9.73 Å². The smallest absolute Gasteiger partial charge is 0.258 e. The lowest BCUT2D eigenvalue weighted by molar-refractivity contribution is 0.102. The fraction of sp³-hybridized carbons (Fsp3) is 0.312. The van der Waals surface area contributed by atoms with Crippen molar-refractivity contribution in [2.45, 2.75) is 35.8 Å². The van der Waals surface area contributed by atoms with Crippen LogP contribution >= 0.6 is 11.8 Å². The monoisotopic (exact) mass is 287 g/mol. The number of rotatable bonds is 4. The van der Waals surface area contributed by atoms with E-state index in [1.54, 1.807) is 6.07 Å². The van der Waals surface area contributed by atoms with Crippen LogP contribution in [0.25, 0.3) is 0 Å². The standard InChI is InChI=1S/C16H17NO2S/c18-16(12-9-10-19-11-12)17-14-7-3-4-8-15(14)20-13-5-1-2-6-13/h3-4,7-11,13H,1-2,5-6H2,(H,17,18). The van der Waals surface area contributed by atoms with Gasteiger partial charge in [-0.2, -0.15) is 0 Å². The topological polar surface area (TPSA) is 42.2 Å². The molecule has 1 amide bonds. The second kappa shape index (κ2) is 6.18. The summed E-state index contributed by atoms with van der Waals surface area (Å²) in [5.74, 6) is -0.127. The Labute approximate surface area is 122 Å². The molecule has 0 bridgehead atoms. The third-order valence-electron chi connectivity index (χ3n) is 3.51. The number of amides is 1. The average Bonchev–Trinajstić information content (AvgIpc) is 3.13. The van der Waals surface area contributed by atoms with Gasteiger partial charge in [0, 0.05) is 10.1 Å². The fourth-order valence-corrected chi connectivity index (χ4v) is 3.78. The van der Waals surface area contributed by atoms with E-state index in [-0.39, 0.29) is 5.91 Å². The molecule has 104 valence electrons. The molecule has 0 spiro atoms. The number of carbonyl (C=O) groups excluding carboxylic acids is 1. The molecule has 1 saturated carbocycles. The Bertz CT molecular complexity index is 574. The molecule has 20 heavy (non-hydrogen) atoms. The van der Waals surface area contributed by atoms with E-state index in [1.807, 2.05) is 30.0 Å². The van der Waals surface area contributed by atoms with Gasteiger partial charge in [-0.1, -0.05) is 25.0 Å². The third kappa shape index (κ3) is 3.07. The van der Waals surface area contributed by atoms with Gasteiger partial charge in [0.25, 0.3) is 5.91 Å². The molecule has 0 unspecified atom stereocenters. The molecule has 0 radical (unpaired) electrons. The summed E-state index contributed by atoms with van der Waals surface area (Å²) in [7, 11) is 0.